The van der Waals surface area contributed by atoms with Gasteiger partial charge in [0.05, 0.1) is 37.6 Å². The average Bonchev–Trinajstić information content (AvgIpc) is 2.82. The lowest BCUT2D eigenvalue weighted by Gasteiger charge is -2.27. The third-order valence-corrected chi connectivity index (χ3v) is 5.16. The number of anilines is 1. The van der Waals surface area contributed by atoms with Crippen LogP contribution < -0.4 is 4.90 Å². The third kappa shape index (κ3) is 7.82. The van der Waals surface area contributed by atoms with Crippen molar-refractivity contribution in [1.82, 2.24) is 4.98 Å². The number of aromatic nitrogens is 1. The van der Waals surface area contributed by atoms with E-state index in [2.05, 4.69) is 13.0 Å². The summed E-state index contributed by atoms with van der Waals surface area (Å²) in [5, 5.41) is 1.11. The van der Waals surface area contributed by atoms with Crippen LogP contribution in [0.25, 0.3) is 22.2 Å². The first-order chi connectivity index (χ1) is 16.4. The van der Waals surface area contributed by atoms with Gasteiger partial charge in [0.2, 0.25) is 0 Å². The van der Waals surface area contributed by atoms with Crippen molar-refractivity contribution in [2.45, 2.75) is 46.1 Å². The minimum absolute atomic E-state index is 0.386. The van der Waals surface area contributed by atoms with Crippen LogP contribution in [-0.2, 0) is 14.2 Å². The molecule has 0 unspecified atom stereocenters. The van der Waals surface area contributed by atoms with Gasteiger partial charge in [-0.05, 0) is 51.5 Å². The molecule has 3 aromatic rings. The van der Waals surface area contributed by atoms with Crippen molar-refractivity contribution in [2.24, 2.45) is 0 Å². The van der Waals surface area contributed by atoms with Crippen LogP contribution in [0.2, 0.25) is 0 Å². The van der Waals surface area contributed by atoms with Crippen molar-refractivity contribution in [2.75, 3.05) is 37.9 Å². The summed E-state index contributed by atoms with van der Waals surface area (Å²) in [6, 6.07) is 19.9. The molecule has 0 saturated heterocycles. The molecule has 0 saturated carbocycles. The van der Waals surface area contributed by atoms with Crippen LogP contribution in [0, 0.1) is 0 Å². The van der Waals surface area contributed by atoms with E-state index in [0.29, 0.717) is 26.4 Å². The molecule has 0 radical (unpaired) electrons. The number of pyridine rings is 1. The fourth-order valence-corrected chi connectivity index (χ4v) is 3.41. The van der Waals surface area contributed by atoms with Crippen molar-refractivity contribution >= 4 is 22.7 Å². The van der Waals surface area contributed by atoms with Gasteiger partial charge in [0.1, 0.15) is 5.60 Å². The number of rotatable bonds is 11. The Morgan fingerprint density at radius 2 is 1.59 bits per heavy atom. The van der Waals surface area contributed by atoms with E-state index in [0.717, 1.165) is 47.3 Å². The number of ether oxygens (including phenoxy) is 3. The van der Waals surface area contributed by atoms with E-state index < -0.39 is 11.7 Å². The van der Waals surface area contributed by atoms with Gasteiger partial charge in [-0.2, -0.15) is 0 Å². The minimum atomic E-state index is -0.585. The summed E-state index contributed by atoms with van der Waals surface area (Å²) in [6.07, 6.45) is 1.77. The number of carbonyl (C=O) groups is 1. The maximum absolute atomic E-state index is 12.9. The zero-order valence-electron chi connectivity index (χ0n) is 20.8. The van der Waals surface area contributed by atoms with Crippen LogP contribution >= 0.6 is 0 Å². The summed E-state index contributed by atoms with van der Waals surface area (Å²) >= 11 is 0. The van der Waals surface area contributed by atoms with E-state index in [1.54, 1.807) is 4.90 Å². The Kier molecular flexibility index (Phi) is 9.42. The lowest BCUT2D eigenvalue weighted by atomic mass is 10.1. The first-order valence-corrected chi connectivity index (χ1v) is 12.0. The Labute approximate surface area is 202 Å². The van der Waals surface area contributed by atoms with Crippen LogP contribution in [0.4, 0.5) is 10.5 Å². The maximum atomic E-state index is 12.9. The first-order valence-electron chi connectivity index (χ1n) is 12.0. The van der Waals surface area contributed by atoms with Crippen LogP contribution in [0.5, 0.6) is 0 Å². The van der Waals surface area contributed by atoms with Gasteiger partial charge < -0.3 is 14.2 Å². The summed E-state index contributed by atoms with van der Waals surface area (Å²) in [4.78, 5) is 19.3. The van der Waals surface area contributed by atoms with Crippen molar-refractivity contribution in [3.05, 3.63) is 60.7 Å². The summed E-state index contributed by atoms with van der Waals surface area (Å²) in [5.41, 5.74) is 2.99. The standard InChI is InChI=1S/C28H36N2O4/c1-5-6-18-32-20-21-33-19-17-30(27(31)34-28(2,3)4)24-14-11-23(12-15-24)26-16-13-22-9-7-8-10-25(22)29-26/h7-16H,5-6,17-21H2,1-4H3. The Morgan fingerprint density at radius 1 is 0.882 bits per heavy atom. The van der Waals surface area contributed by atoms with Crippen LogP contribution in [-0.4, -0.2) is 49.7 Å². The second-order valence-electron chi connectivity index (χ2n) is 9.15. The van der Waals surface area contributed by atoms with E-state index in [-0.39, 0.29) is 0 Å². The van der Waals surface area contributed by atoms with Crippen molar-refractivity contribution in [1.29, 1.82) is 0 Å². The quantitative estimate of drug-likeness (QED) is 0.304. The highest BCUT2D eigenvalue weighted by Crippen LogP contribution is 2.25. The minimum Gasteiger partial charge on any atom is -0.443 e. The normalized spacial score (nSPS) is 11.5. The number of unbranched alkanes of at least 4 members (excludes halogenated alkanes) is 1. The molecule has 6 nitrogen and oxygen atoms in total. The number of carbonyl (C=O) groups excluding carboxylic acids is 1. The highest BCUT2D eigenvalue weighted by molar-refractivity contribution is 5.88. The Bertz CT molecular complexity index is 1040. The third-order valence-electron chi connectivity index (χ3n) is 5.16. The van der Waals surface area contributed by atoms with Gasteiger partial charge in [-0.25, -0.2) is 9.78 Å². The number of nitrogens with zero attached hydrogens (tertiary/aromatic N) is 2. The van der Waals surface area contributed by atoms with Crippen LogP contribution in [0.1, 0.15) is 40.5 Å². The van der Waals surface area contributed by atoms with Gasteiger partial charge in [-0.1, -0.05) is 49.7 Å². The molecule has 3 rings (SSSR count). The summed E-state index contributed by atoms with van der Waals surface area (Å²) in [7, 11) is 0. The van der Waals surface area contributed by atoms with Crippen LogP contribution in [0.15, 0.2) is 60.7 Å². The highest BCUT2D eigenvalue weighted by atomic mass is 16.6. The molecule has 0 N–H and O–H groups in total. The molecule has 1 aromatic heterocycles. The number of para-hydroxylation sites is 1. The van der Waals surface area contributed by atoms with Crippen molar-refractivity contribution < 1.29 is 19.0 Å². The van der Waals surface area contributed by atoms with E-state index in [1.165, 1.54) is 0 Å². The molecule has 182 valence electrons. The molecule has 1 amide bonds. The van der Waals surface area contributed by atoms with Gasteiger partial charge in [0.25, 0.3) is 0 Å². The molecular formula is C28H36N2O4. The lowest BCUT2D eigenvalue weighted by Crippen LogP contribution is -2.39. The van der Waals surface area contributed by atoms with E-state index in [9.17, 15) is 4.79 Å². The largest absolute Gasteiger partial charge is 0.443 e. The lowest BCUT2D eigenvalue weighted by molar-refractivity contribution is 0.0439. The molecule has 0 bridgehead atoms. The molecule has 0 spiro atoms. The fraction of sp³-hybridized carbons (Fsp3) is 0.429. The number of benzene rings is 2. The SMILES string of the molecule is CCCCOCCOCCN(C(=O)OC(C)(C)C)c1ccc(-c2ccc3ccccc3n2)cc1. The first kappa shape index (κ1) is 25.7. The number of fused-ring (bicyclic) bond motifs is 1. The van der Waals surface area contributed by atoms with Crippen molar-refractivity contribution in [3.63, 3.8) is 0 Å². The summed E-state index contributed by atoms with van der Waals surface area (Å²) < 4.78 is 16.9. The Morgan fingerprint density at radius 3 is 2.29 bits per heavy atom. The topological polar surface area (TPSA) is 60.9 Å². The molecule has 2 aromatic carbocycles. The molecule has 0 aliphatic carbocycles. The molecule has 0 fully saturated rings. The van der Waals surface area contributed by atoms with Gasteiger partial charge in [-0.3, -0.25) is 4.90 Å². The van der Waals surface area contributed by atoms with Gasteiger partial charge in [0, 0.05) is 23.2 Å². The molecular weight excluding hydrogens is 428 g/mol. The van der Waals surface area contributed by atoms with E-state index in [1.807, 2.05) is 75.4 Å². The second kappa shape index (κ2) is 12.5. The number of amides is 1. The fourth-order valence-electron chi connectivity index (χ4n) is 3.41. The smallest absolute Gasteiger partial charge is 0.414 e. The maximum Gasteiger partial charge on any atom is 0.414 e. The molecule has 0 aliphatic heterocycles. The molecule has 1 heterocycles. The second-order valence-corrected chi connectivity index (χ2v) is 9.15. The average molecular weight is 465 g/mol. The van der Waals surface area contributed by atoms with E-state index >= 15 is 0 Å². The molecule has 6 heteroatoms. The highest BCUT2D eigenvalue weighted by Gasteiger charge is 2.23. The summed E-state index contributed by atoms with van der Waals surface area (Å²) in [6.45, 7) is 10.3. The van der Waals surface area contributed by atoms with Gasteiger partial charge in [0.15, 0.2) is 0 Å². The predicted octanol–water partition coefficient (Wildman–Crippen LogP) is 6.48. The number of hydrogen-bond acceptors (Lipinski definition) is 5. The Balaban J connectivity index is 1.67. The van der Waals surface area contributed by atoms with Gasteiger partial charge >= 0.3 is 6.09 Å². The molecule has 34 heavy (non-hydrogen) atoms. The molecule has 0 aliphatic rings. The zero-order valence-corrected chi connectivity index (χ0v) is 20.8. The zero-order chi connectivity index (χ0) is 24.4. The Hall–Kier alpha value is -2.96. The number of hydrogen-bond donors (Lipinski definition) is 0. The van der Waals surface area contributed by atoms with Gasteiger partial charge in [-0.15, -0.1) is 0 Å². The monoisotopic (exact) mass is 464 g/mol. The van der Waals surface area contributed by atoms with Crippen LogP contribution in [0.3, 0.4) is 0 Å². The van der Waals surface area contributed by atoms with Crippen molar-refractivity contribution in [3.8, 4) is 11.3 Å². The van der Waals surface area contributed by atoms with E-state index in [4.69, 9.17) is 19.2 Å². The molecule has 0 atom stereocenters. The predicted molar refractivity (Wildman–Crippen MR) is 137 cm³/mol. The summed E-state index contributed by atoms with van der Waals surface area (Å²) in [5.74, 6) is 0.